The summed E-state index contributed by atoms with van der Waals surface area (Å²) in [5.41, 5.74) is 0.154. The number of benzene rings is 2. The van der Waals surface area contributed by atoms with Crippen LogP contribution in [0.25, 0.3) is 0 Å². The summed E-state index contributed by atoms with van der Waals surface area (Å²) in [6.45, 7) is 4.36. The third kappa shape index (κ3) is 11.0. The molecule has 2 aromatic carbocycles. The van der Waals surface area contributed by atoms with Crippen LogP contribution in [0.15, 0.2) is 48.5 Å². The summed E-state index contributed by atoms with van der Waals surface area (Å²) in [6, 6.07) is 12.6. The van der Waals surface area contributed by atoms with Gasteiger partial charge in [0.25, 0.3) is 0 Å². The molecule has 37 heavy (non-hydrogen) atoms. The van der Waals surface area contributed by atoms with Crippen molar-refractivity contribution in [2.75, 3.05) is 0 Å². The third-order valence-corrected chi connectivity index (χ3v) is 16.2. The van der Waals surface area contributed by atoms with Gasteiger partial charge < -0.3 is 0 Å². The van der Waals surface area contributed by atoms with Crippen molar-refractivity contribution in [3.63, 3.8) is 0 Å². The number of hydrogen-bond donors (Lipinski definition) is 2. The molecule has 0 radical (unpaired) electrons. The predicted molar refractivity (Wildman–Crippen MR) is 149 cm³/mol. The van der Waals surface area contributed by atoms with Gasteiger partial charge in [-0.3, -0.25) is 0 Å². The molecule has 0 unspecified atom stereocenters. The molecule has 2 aromatic rings. The Bertz CT molecular complexity index is 883. The molecule has 0 bridgehead atoms. The fourth-order valence-corrected chi connectivity index (χ4v) is 13.5. The van der Waals surface area contributed by atoms with E-state index in [1.807, 2.05) is 0 Å². The first-order valence-corrected chi connectivity index (χ1v) is 20.3. The van der Waals surface area contributed by atoms with Gasteiger partial charge in [0.1, 0.15) is 0 Å². The van der Waals surface area contributed by atoms with Crippen molar-refractivity contribution in [2.24, 2.45) is 0 Å². The number of aromatic hydroxyl groups is 2. The van der Waals surface area contributed by atoms with Crippen LogP contribution in [-0.4, -0.2) is 41.4 Å². The molecule has 0 spiro atoms. The van der Waals surface area contributed by atoms with E-state index >= 15 is 0 Å². The van der Waals surface area contributed by atoms with Crippen molar-refractivity contribution in [1.82, 2.24) is 0 Å². The van der Waals surface area contributed by atoms with Crippen molar-refractivity contribution < 1.29 is 26.0 Å². The van der Waals surface area contributed by atoms with Gasteiger partial charge in [0, 0.05) is 0 Å². The van der Waals surface area contributed by atoms with Gasteiger partial charge in [-0.05, 0) is 0 Å². The normalized spacial score (nSPS) is 11.3. The van der Waals surface area contributed by atoms with Gasteiger partial charge in [-0.1, -0.05) is 0 Å². The molecule has 0 amide bonds. The van der Waals surface area contributed by atoms with E-state index in [-0.39, 0.29) is 22.6 Å². The number of para-hydroxylation sites is 2. The van der Waals surface area contributed by atoms with E-state index in [9.17, 15) is 19.8 Å². The first-order valence-electron chi connectivity index (χ1n) is 13.9. The summed E-state index contributed by atoms with van der Waals surface area (Å²) in [4.78, 5) is 26.5. The summed E-state index contributed by atoms with van der Waals surface area (Å²) < 4.78 is 13.5. The summed E-state index contributed by atoms with van der Waals surface area (Å²) in [7, 11) is 0. The number of hydrogen-bond acceptors (Lipinski definition) is 6. The molecule has 0 fully saturated rings. The van der Waals surface area contributed by atoms with E-state index < -0.39 is 31.1 Å². The van der Waals surface area contributed by atoms with Crippen LogP contribution in [0.1, 0.15) is 112 Å². The molecule has 204 valence electrons. The summed E-state index contributed by atoms with van der Waals surface area (Å²) in [5, 5.41) is 20.5. The minimum absolute atomic E-state index is 0.0769. The number of rotatable bonds is 18. The molecule has 0 aliphatic heterocycles. The molecule has 2 rings (SSSR count). The second-order valence-electron chi connectivity index (χ2n) is 9.76. The van der Waals surface area contributed by atoms with Crippen LogP contribution in [-0.2, 0) is 6.15 Å². The van der Waals surface area contributed by atoms with E-state index in [0.29, 0.717) is 8.87 Å². The van der Waals surface area contributed by atoms with E-state index in [1.165, 1.54) is 37.1 Å². The first kappa shape index (κ1) is 31.0. The molecule has 2 N–H and O–H groups in total. The maximum atomic E-state index is 13.2. The number of carbonyl (C=O) groups excluding carboxylic acids is 2. The Labute approximate surface area is 227 Å². The van der Waals surface area contributed by atoms with Crippen molar-refractivity contribution in [2.45, 2.75) is 99.8 Å². The minimum atomic E-state index is -4.36. The topological polar surface area (TPSA) is 93.1 Å². The van der Waals surface area contributed by atoms with Crippen molar-refractivity contribution in [3.8, 4) is 11.5 Å². The SMILES string of the molecule is CCCCCCC[CH2][Sn]([CH2]CCCCCCC)([O]C(=O)c1ccccc1O)[O]C(=O)c1ccccc1O. The van der Waals surface area contributed by atoms with E-state index in [2.05, 4.69) is 13.8 Å². The summed E-state index contributed by atoms with van der Waals surface area (Å²) >= 11 is -4.36. The molecule has 0 saturated heterocycles. The zero-order valence-electron chi connectivity index (χ0n) is 22.5. The van der Waals surface area contributed by atoms with Gasteiger partial charge in [-0.25, -0.2) is 0 Å². The second-order valence-corrected chi connectivity index (χ2v) is 19.0. The first-order chi connectivity index (χ1) is 17.9. The Morgan fingerprint density at radius 2 is 0.946 bits per heavy atom. The molecular formula is C30H44O6Sn. The summed E-state index contributed by atoms with van der Waals surface area (Å²) in [5.74, 6) is -1.59. The monoisotopic (exact) mass is 620 g/mol. The molecule has 0 aliphatic rings. The molecule has 0 aliphatic carbocycles. The van der Waals surface area contributed by atoms with E-state index in [1.54, 1.807) is 24.3 Å². The fourth-order valence-electron chi connectivity index (χ4n) is 4.44. The average Bonchev–Trinajstić information content (AvgIpc) is 2.88. The van der Waals surface area contributed by atoms with E-state index in [4.69, 9.17) is 6.15 Å². The van der Waals surface area contributed by atoms with Crippen molar-refractivity contribution in [3.05, 3.63) is 59.7 Å². The molecule has 0 atom stereocenters. The number of unbranched alkanes of at least 4 members (excludes halogenated alkanes) is 10. The zero-order valence-corrected chi connectivity index (χ0v) is 25.4. The van der Waals surface area contributed by atoms with Crippen LogP contribution < -0.4 is 0 Å². The second kappa shape index (κ2) is 17.3. The van der Waals surface area contributed by atoms with Crippen LogP contribution >= 0.6 is 0 Å². The van der Waals surface area contributed by atoms with Gasteiger partial charge in [-0.2, -0.15) is 0 Å². The van der Waals surface area contributed by atoms with Crippen LogP contribution in [0.5, 0.6) is 11.5 Å². The van der Waals surface area contributed by atoms with Gasteiger partial charge in [-0.15, -0.1) is 0 Å². The molecule has 0 heterocycles. The Balaban J connectivity index is 2.27. The van der Waals surface area contributed by atoms with Gasteiger partial charge in [0.05, 0.1) is 0 Å². The van der Waals surface area contributed by atoms with Crippen molar-refractivity contribution in [1.29, 1.82) is 0 Å². The molecule has 0 saturated carbocycles. The Kier molecular flexibility index (Phi) is 14.5. The number of phenols is 2. The van der Waals surface area contributed by atoms with Gasteiger partial charge >= 0.3 is 228 Å². The van der Waals surface area contributed by atoms with Gasteiger partial charge in [0.15, 0.2) is 0 Å². The quantitative estimate of drug-likeness (QED) is 0.129. The fraction of sp³-hybridized carbons (Fsp3) is 0.533. The average molecular weight is 619 g/mol. The Morgan fingerprint density at radius 1 is 0.595 bits per heavy atom. The van der Waals surface area contributed by atoms with Crippen LogP contribution in [0.2, 0.25) is 8.87 Å². The Hall–Kier alpha value is -2.22. The summed E-state index contributed by atoms with van der Waals surface area (Å²) in [6.07, 6.45) is 12.8. The number of carbonyl (C=O) groups is 2. The molecule has 0 aromatic heterocycles. The van der Waals surface area contributed by atoms with Crippen LogP contribution in [0.4, 0.5) is 0 Å². The Morgan fingerprint density at radius 3 is 1.32 bits per heavy atom. The predicted octanol–water partition coefficient (Wildman–Crippen LogP) is 8.27. The third-order valence-electron chi connectivity index (χ3n) is 6.63. The zero-order chi connectivity index (χ0) is 26.9. The molecular weight excluding hydrogens is 575 g/mol. The number of phenolic OH excluding ortho intramolecular Hbond substituents is 2. The van der Waals surface area contributed by atoms with Crippen molar-refractivity contribution >= 4 is 31.1 Å². The molecule has 6 nitrogen and oxygen atoms in total. The molecule has 7 heteroatoms. The standard InChI is InChI=1S/2C8H17.2C7H6O3.Sn/c2*1-3-5-7-8-6-4-2;2*8-6-4-2-1-3-5(6)7(9)10;/h2*1,3-8H2,2H3;2*1-4,8H,(H,9,10);/q;;;;+2/p-2. The maximum absolute atomic E-state index is 13.2. The van der Waals surface area contributed by atoms with Crippen LogP contribution in [0, 0.1) is 0 Å². The van der Waals surface area contributed by atoms with E-state index in [0.717, 1.165) is 64.2 Å². The van der Waals surface area contributed by atoms with Crippen LogP contribution in [0.3, 0.4) is 0 Å². The van der Waals surface area contributed by atoms with Gasteiger partial charge in [0.2, 0.25) is 0 Å².